The Bertz CT molecular complexity index is 964. The molecule has 2 fully saturated rings. The molecule has 0 radical (unpaired) electrons. The third-order valence-electron chi connectivity index (χ3n) is 6.90. The number of carbonyl (C=O) groups is 3. The highest BCUT2D eigenvalue weighted by Gasteiger charge is 2.39. The van der Waals surface area contributed by atoms with E-state index in [2.05, 4.69) is 5.32 Å². The largest absolute Gasteiger partial charge is 0.490 e. The Morgan fingerprint density at radius 1 is 1.14 bits per heavy atom. The summed E-state index contributed by atoms with van der Waals surface area (Å²) in [5.41, 5.74) is 0.872. The maximum absolute atomic E-state index is 13.3. The summed E-state index contributed by atoms with van der Waals surface area (Å²) < 4.78 is 48.9. The second-order valence-corrected chi connectivity index (χ2v) is 9.45. The number of rotatable bonds is 5. The van der Waals surface area contributed by atoms with Gasteiger partial charge in [0, 0.05) is 18.7 Å². The smallest absolute Gasteiger partial charge is 0.405 e. The van der Waals surface area contributed by atoms with Crippen LogP contribution in [0.4, 0.5) is 18.9 Å². The van der Waals surface area contributed by atoms with Gasteiger partial charge in [-0.2, -0.15) is 13.2 Å². The van der Waals surface area contributed by atoms with E-state index in [0.717, 1.165) is 25.7 Å². The van der Waals surface area contributed by atoms with E-state index < -0.39 is 30.8 Å². The first-order valence-electron chi connectivity index (χ1n) is 11.9. The van der Waals surface area contributed by atoms with Gasteiger partial charge in [-0.1, -0.05) is 12.8 Å². The Labute approximate surface area is 201 Å². The number of nitrogens with zero attached hydrogens (tertiary/aromatic N) is 1. The van der Waals surface area contributed by atoms with Crippen molar-refractivity contribution in [1.82, 2.24) is 10.2 Å². The predicted molar refractivity (Wildman–Crippen MR) is 120 cm³/mol. The lowest BCUT2D eigenvalue weighted by Gasteiger charge is -2.42. The van der Waals surface area contributed by atoms with Crippen molar-refractivity contribution in [1.29, 1.82) is 0 Å². The standard InChI is InChI=1S/C24H30F3N3O5/c1-30-18-8-7-16(11-21(31)28-13-24(25,26)27)35-20(18)12-34-19-9-6-15(10-17(19)23(30)33)29-22(32)14-4-2-3-5-14/h6,9-10,14,16,18,20H,2-5,7-8,11-13H2,1H3,(H,28,31)(H,29,32)/t16-,18+,20-/m0/s1. The molecular weight excluding hydrogens is 467 g/mol. The van der Waals surface area contributed by atoms with E-state index in [1.165, 1.54) is 0 Å². The molecule has 1 saturated carbocycles. The van der Waals surface area contributed by atoms with E-state index in [1.807, 2.05) is 5.32 Å². The number of anilines is 1. The molecule has 4 rings (SSSR count). The summed E-state index contributed by atoms with van der Waals surface area (Å²) in [7, 11) is 1.67. The number of fused-ring (bicyclic) bond motifs is 2. The normalized spacial score (nSPS) is 25.1. The van der Waals surface area contributed by atoms with E-state index in [9.17, 15) is 27.6 Å². The number of hydrogen-bond acceptors (Lipinski definition) is 5. The van der Waals surface area contributed by atoms with Crippen LogP contribution in [0.15, 0.2) is 18.2 Å². The molecule has 0 aromatic heterocycles. The number of halogens is 3. The Balaban J connectivity index is 1.41. The highest BCUT2D eigenvalue weighted by atomic mass is 19.4. The Kier molecular flexibility index (Phi) is 7.53. The number of ether oxygens (including phenoxy) is 2. The van der Waals surface area contributed by atoms with Crippen LogP contribution < -0.4 is 15.4 Å². The lowest BCUT2D eigenvalue weighted by molar-refractivity contribution is -0.144. The zero-order chi connectivity index (χ0) is 25.2. The molecule has 1 saturated heterocycles. The molecule has 8 nitrogen and oxygen atoms in total. The molecule has 2 aliphatic heterocycles. The maximum atomic E-state index is 13.3. The number of nitrogens with one attached hydrogen (secondary N) is 2. The molecule has 3 aliphatic rings. The fourth-order valence-corrected chi connectivity index (χ4v) is 5.02. The van der Waals surface area contributed by atoms with Gasteiger partial charge in [-0.3, -0.25) is 14.4 Å². The highest BCUT2D eigenvalue weighted by molar-refractivity contribution is 6.00. The summed E-state index contributed by atoms with van der Waals surface area (Å²) in [6, 6.07) is 4.63. The fourth-order valence-electron chi connectivity index (χ4n) is 5.02. The molecule has 3 atom stereocenters. The van der Waals surface area contributed by atoms with Crippen molar-refractivity contribution in [2.75, 3.05) is 25.5 Å². The molecule has 1 aromatic carbocycles. The van der Waals surface area contributed by atoms with Gasteiger partial charge in [0.25, 0.3) is 5.91 Å². The lowest BCUT2D eigenvalue weighted by atomic mass is 9.94. The zero-order valence-electron chi connectivity index (χ0n) is 19.5. The third-order valence-corrected chi connectivity index (χ3v) is 6.90. The minimum Gasteiger partial charge on any atom is -0.490 e. The van der Waals surface area contributed by atoms with Crippen LogP contribution in [0.25, 0.3) is 0 Å². The summed E-state index contributed by atoms with van der Waals surface area (Å²) in [6.45, 7) is -1.27. The molecule has 11 heteroatoms. The maximum Gasteiger partial charge on any atom is 0.405 e. The summed E-state index contributed by atoms with van der Waals surface area (Å²) in [5, 5.41) is 4.77. The zero-order valence-corrected chi connectivity index (χ0v) is 19.5. The van der Waals surface area contributed by atoms with Crippen molar-refractivity contribution in [3.05, 3.63) is 23.8 Å². The first-order valence-corrected chi connectivity index (χ1v) is 11.9. The fraction of sp³-hybridized carbons (Fsp3) is 0.625. The molecule has 192 valence electrons. The quantitative estimate of drug-likeness (QED) is 0.651. The van der Waals surface area contributed by atoms with Gasteiger partial charge in [-0.05, 0) is 43.9 Å². The number of hydrogen-bond donors (Lipinski definition) is 2. The first-order chi connectivity index (χ1) is 16.6. The van der Waals surface area contributed by atoms with Gasteiger partial charge in [0.2, 0.25) is 11.8 Å². The number of carbonyl (C=O) groups excluding carboxylic acids is 3. The van der Waals surface area contributed by atoms with Gasteiger partial charge >= 0.3 is 6.18 Å². The van der Waals surface area contributed by atoms with Crippen LogP contribution >= 0.6 is 0 Å². The number of likely N-dealkylation sites (N-methyl/N-ethyl adjacent to an activating group) is 1. The van der Waals surface area contributed by atoms with Crippen molar-refractivity contribution in [2.45, 2.75) is 69.4 Å². The molecule has 0 unspecified atom stereocenters. The SMILES string of the molecule is CN1C(=O)c2cc(NC(=O)C3CCCC3)ccc2OC[C@@H]2O[C@H](CC(=O)NCC(F)(F)F)CC[C@H]21. The van der Waals surface area contributed by atoms with Crippen LogP contribution in [0.5, 0.6) is 5.75 Å². The average molecular weight is 498 g/mol. The minimum atomic E-state index is -4.48. The lowest BCUT2D eigenvalue weighted by Crippen LogP contribution is -2.54. The Hall–Kier alpha value is -2.82. The Morgan fingerprint density at radius 2 is 1.89 bits per heavy atom. The van der Waals surface area contributed by atoms with Gasteiger partial charge in [-0.25, -0.2) is 0 Å². The molecule has 0 spiro atoms. The van der Waals surface area contributed by atoms with Crippen LogP contribution in [0.3, 0.4) is 0 Å². The van der Waals surface area contributed by atoms with Crippen LogP contribution in [-0.2, 0) is 14.3 Å². The second-order valence-electron chi connectivity index (χ2n) is 9.45. The van der Waals surface area contributed by atoms with Crippen molar-refractivity contribution < 1.29 is 37.0 Å². The molecule has 0 bridgehead atoms. The van der Waals surface area contributed by atoms with Crippen molar-refractivity contribution in [3.63, 3.8) is 0 Å². The molecule has 2 heterocycles. The molecule has 2 N–H and O–H groups in total. The highest BCUT2D eigenvalue weighted by Crippen LogP contribution is 2.33. The summed E-state index contributed by atoms with van der Waals surface area (Å²) in [4.78, 5) is 39.3. The van der Waals surface area contributed by atoms with Crippen molar-refractivity contribution in [3.8, 4) is 5.75 Å². The third kappa shape index (κ3) is 6.25. The van der Waals surface area contributed by atoms with Crippen LogP contribution in [0.1, 0.15) is 55.3 Å². The van der Waals surface area contributed by atoms with E-state index in [0.29, 0.717) is 29.8 Å². The average Bonchev–Trinajstić information content (AvgIpc) is 3.35. The summed E-state index contributed by atoms with van der Waals surface area (Å²) in [6.07, 6.45) is -1.01. The first kappa shape index (κ1) is 25.3. The number of alkyl halides is 3. The van der Waals surface area contributed by atoms with Crippen molar-refractivity contribution >= 4 is 23.4 Å². The predicted octanol–water partition coefficient (Wildman–Crippen LogP) is 3.26. The molecule has 1 aromatic rings. The second kappa shape index (κ2) is 10.4. The van der Waals surface area contributed by atoms with Crippen LogP contribution in [0.2, 0.25) is 0 Å². The van der Waals surface area contributed by atoms with Crippen LogP contribution in [0, 0.1) is 5.92 Å². The topological polar surface area (TPSA) is 97.0 Å². The summed E-state index contributed by atoms with van der Waals surface area (Å²) >= 11 is 0. The molecular formula is C24H30F3N3O5. The van der Waals surface area contributed by atoms with Gasteiger partial charge in [0.05, 0.1) is 24.1 Å². The number of amides is 3. The molecule has 35 heavy (non-hydrogen) atoms. The van der Waals surface area contributed by atoms with E-state index >= 15 is 0 Å². The van der Waals surface area contributed by atoms with E-state index in [-0.39, 0.29) is 36.8 Å². The van der Waals surface area contributed by atoms with Crippen LogP contribution in [-0.4, -0.2) is 67.2 Å². The number of benzene rings is 1. The van der Waals surface area contributed by atoms with E-state index in [1.54, 1.807) is 30.1 Å². The minimum absolute atomic E-state index is 0.00438. The van der Waals surface area contributed by atoms with Gasteiger partial charge in [0.15, 0.2) is 0 Å². The van der Waals surface area contributed by atoms with Gasteiger partial charge in [0.1, 0.15) is 25.0 Å². The van der Waals surface area contributed by atoms with E-state index in [4.69, 9.17) is 9.47 Å². The van der Waals surface area contributed by atoms with Gasteiger partial charge in [-0.15, -0.1) is 0 Å². The Morgan fingerprint density at radius 3 is 2.60 bits per heavy atom. The summed E-state index contributed by atoms with van der Waals surface area (Å²) in [5.74, 6) is -0.708. The van der Waals surface area contributed by atoms with Gasteiger partial charge < -0.3 is 25.0 Å². The monoisotopic (exact) mass is 497 g/mol. The molecule has 3 amide bonds. The molecule has 1 aliphatic carbocycles. The van der Waals surface area contributed by atoms with Crippen molar-refractivity contribution in [2.24, 2.45) is 5.92 Å².